The lowest BCUT2D eigenvalue weighted by Gasteiger charge is -2.23. The van der Waals surface area contributed by atoms with Crippen molar-refractivity contribution in [3.05, 3.63) is 28.2 Å². The minimum Gasteiger partial charge on any atom is -0.478 e. The highest BCUT2D eigenvalue weighted by Crippen LogP contribution is 2.36. The number of hydrogen-bond donors (Lipinski definition) is 3. The molecule has 2 rings (SSSR count). The summed E-state index contributed by atoms with van der Waals surface area (Å²) in [6, 6.07) is 4.21. The van der Waals surface area contributed by atoms with E-state index in [0.717, 1.165) is 12.8 Å². The molecular weight excluding hydrogens is 336 g/mol. The Morgan fingerprint density at radius 1 is 1.33 bits per heavy atom. The number of carboxylic acid groups (broad SMARTS) is 1. The zero-order chi connectivity index (χ0) is 15.5. The van der Waals surface area contributed by atoms with Gasteiger partial charge in [0.05, 0.1) is 11.3 Å². The maximum Gasteiger partial charge on any atom is 0.335 e. The molecule has 2 amide bonds. The summed E-state index contributed by atoms with van der Waals surface area (Å²) in [6.07, 6.45) is 4.69. The molecule has 0 aliphatic heterocycles. The van der Waals surface area contributed by atoms with E-state index >= 15 is 0 Å². The average Bonchev–Trinajstić information content (AvgIpc) is 2.86. The van der Waals surface area contributed by atoms with E-state index in [1.54, 1.807) is 6.07 Å². The molecule has 0 heterocycles. The molecule has 21 heavy (non-hydrogen) atoms. The Bertz CT molecular complexity index is 554. The molecule has 0 spiro atoms. The summed E-state index contributed by atoms with van der Waals surface area (Å²) in [7, 11) is 0. The first-order chi connectivity index (χ1) is 9.89. The van der Waals surface area contributed by atoms with Gasteiger partial charge in [0.2, 0.25) is 0 Å². The molecule has 6 heteroatoms. The molecule has 3 N–H and O–H groups in total. The number of nitrogens with one attached hydrogen (secondary N) is 2. The predicted molar refractivity (Wildman–Crippen MR) is 84.7 cm³/mol. The first-order valence-electron chi connectivity index (χ1n) is 6.97. The van der Waals surface area contributed by atoms with Crippen LogP contribution in [0.25, 0.3) is 0 Å². The van der Waals surface area contributed by atoms with Crippen LogP contribution < -0.4 is 10.6 Å². The lowest BCUT2D eigenvalue weighted by Crippen LogP contribution is -2.36. The van der Waals surface area contributed by atoms with Crippen molar-refractivity contribution >= 4 is 33.6 Å². The molecule has 1 saturated carbocycles. The van der Waals surface area contributed by atoms with Crippen LogP contribution in [0.2, 0.25) is 0 Å². The molecule has 114 valence electrons. The Morgan fingerprint density at radius 2 is 2.00 bits per heavy atom. The summed E-state index contributed by atoms with van der Waals surface area (Å²) >= 11 is 3.30. The Hall–Kier alpha value is -1.56. The Kier molecular flexibility index (Phi) is 4.88. The lowest BCUT2D eigenvalue weighted by atomic mass is 9.89. The highest BCUT2D eigenvalue weighted by Gasteiger charge is 2.28. The molecule has 0 atom stereocenters. The summed E-state index contributed by atoms with van der Waals surface area (Å²) in [5.74, 6) is -1.02. The van der Waals surface area contributed by atoms with E-state index in [2.05, 4.69) is 33.5 Å². The second-order valence-corrected chi connectivity index (χ2v) is 6.68. The third-order valence-electron chi connectivity index (χ3n) is 3.95. The number of rotatable bonds is 4. The highest BCUT2D eigenvalue weighted by atomic mass is 79.9. The summed E-state index contributed by atoms with van der Waals surface area (Å²) < 4.78 is 0.648. The van der Waals surface area contributed by atoms with Crippen LogP contribution >= 0.6 is 15.9 Å². The van der Waals surface area contributed by atoms with Crippen LogP contribution in [0.1, 0.15) is 43.0 Å². The second-order valence-electron chi connectivity index (χ2n) is 5.83. The van der Waals surface area contributed by atoms with Crippen molar-refractivity contribution in [1.82, 2.24) is 5.32 Å². The van der Waals surface area contributed by atoms with Crippen molar-refractivity contribution in [3.63, 3.8) is 0 Å². The number of anilines is 1. The second kappa shape index (κ2) is 6.47. The summed E-state index contributed by atoms with van der Waals surface area (Å²) in [5, 5.41) is 14.5. The molecule has 0 unspecified atom stereocenters. The summed E-state index contributed by atoms with van der Waals surface area (Å²) in [6.45, 7) is 2.82. The summed E-state index contributed by atoms with van der Waals surface area (Å²) in [5.41, 5.74) is 0.762. The van der Waals surface area contributed by atoms with E-state index in [4.69, 9.17) is 5.11 Å². The van der Waals surface area contributed by atoms with Crippen molar-refractivity contribution < 1.29 is 14.7 Å². The van der Waals surface area contributed by atoms with Gasteiger partial charge in [-0.1, -0.05) is 19.8 Å². The van der Waals surface area contributed by atoms with Gasteiger partial charge in [-0.25, -0.2) is 9.59 Å². The zero-order valence-electron chi connectivity index (χ0n) is 11.9. The van der Waals surface area contributed by atoms with Gasteiger partial charge >= 0.3 is 12.0 Å². The maximum atomic E-state index is 12.0. The first-order valence-corrected chi connectivity index (χ1v) is 7.77. The number of aromatic carboxylic acids is 1. The molecular formula is C15H19BrN2O3. The molecule has 0 bridgehead atoms. The lowest BCUT2D eigenvalue weighted by molar-refractivity contribution is 0.0697. The van der Waals surface area contributed by atoms with Gasteiger partial charge in [0.15, 0.2) is 0 Å². The molecule has 1 aromatic rings. The monoisotopic (exact) mass is 354 g/mol. The molecule has 5 nitrogen and oxygen atoms in total. The number of urea groups is 1. The Morgan fingerprint density at radius 3 is 2.62 bits per heavy atom. The SMILES string of the molecule is CC1(CNC(=O)Nc2cc(C(=O)O)ccc2Br)CCCC1. The molecule has 1 aliphatic carbocycles. The molecule has 1 fully saturated rings. The number of carbonyl (C=O) groups excluding carboxylic acids is 1. The van der Waals surface area contributed by atoms with Crippen LogP contribution in [-0.2, 0) is 0 Å². The third-order valence-corrected chi connectivity index (χ3v) is 4.64. The number of carboxylic acids is 1. The molecule has 1 aromatic carbocycles. The quantitative estimate of drug-likeness (QED) is 0.768. The number of carbonyl (C=O) groups is 2. The fourth-order valence-corrected chi connectivity index (χ4v) is 2.97. The minimum atomic E-state index is -1.02. The van der Waals surface area contributed by atoms with E-state index < -0.39 is 5.97 Å². The normalized spacial score (nSPS) is 16.5. The van der Waals surface area contributed by atoms with Gasteiger partial charge in [-0.15, -0.1) is 0 Å². The fraction of sp³-hybridized carbons (Fsp3) is 0.467. The third kappa shape index (κ3) is 4.20. The van der Waals surface area contributed by atoms with Gasteiger partial charge in [-0.3, -0.25) is 0 Å². The Labute approximate surface area is 132 Å². The van der Waals surface area contributed by atoms with Crippen LogP contribution in [0.5, 0.6) is 0 Å². The maximum absolute atomic E-state index is 12.0. The van der Waals surface area contributed by atoms with Crippen molar-refractivity contribution in [2.75, 3.05) is 11.9 Å². The van der Waals surface area contributed by atoms with Crippen molar-refractivity contribution in [2.45, 2.75) is 32.6 Å². The van der Waals surface area contributed by atoms with Gasteiger partial charge in [0.25, 0.3) is 0 Å². The Balaban J connectivity index is 1.96. The van der Waals surface area contributed by atoms with Gasteiger partial charge in [-0.2, -0.15) is 0 Å². The van der Waals surface area contributed by atoms with E-state index in [9.17, 15) is 9.59 Å². The minimum absolute atomic E-state index is 0.135. The topological polar surface area (TPSA) is 78.4 Å². The van der Waals surface area contributed by atoms with Crippen molar-refractivity contribution in [3.8, 4) is 0 Å². The van der Waals surface area contributed by atoms with Crippen molar-refractivity contribution in [1.29, 1.82) is 0 Å². The van der Waals surface area contributed by atoms with Gasteiger partial charge in [0.1, 0.15) is 0 Å². The number of amides is 2. The van der Waals surface area contributed by atoms with E-state index in [-0.39, 0.29) is 17.0 Å². The van der Waals surface area contributed by atoms with E-state index in [1.807, 2.05) is 0 Å². The number of hydrogen-bond acceptors (Lipinski definition) is 2. The molecule has 0 radical (unpaired) electrons. The average molecular weight is 355 g/mol. The molecule has 0 saturated heterocycles. The molecule has 1 aliphatic rings. The standard InChI is InChI=1S/C15H19BrN2O3/c1-15(6-2-3-7-15)9-17-14(21)18-12-8-10(13(19)20)4-5-11(12)16/h4-5,8H,2-3,6-7,9H2,1H3,(H,19,20)(H2,17,18,21). The van der Waals surface area contributed by atoms with Gasteiger partial charge < -0.3 is 15.7 Å². The van der Waals surface area contributed by atoms with Crippen LogP contribution in [0.4, 0.5) is 10.5 Å². The summed E-state index contributed by atoms with van der Waals surface area (Å²) in [4.78, 5) is 22.9. The number of halogens is 1. The largest absolute Gasteiger partial charge is 0.478 e. The smallest absolute Gasteiger partial charge is 0.335 e. The van der Waals surface area contributed by atoms with Crippen LogP contribution in [0.15, 0.2) is 22.7 Å². The highest BCUT2D eigenvalue weighted by molar-refractivity contribution is 9.10. The first kappa shape index (κ1) is 15.8. The van der Waals surface area contributed by atoms with E-state index in [0.29, 0.717) is 16.7 Å². The van der Waals surface area contributed by atoms with Crippen LogP contribution in [-0.4, -0.2) is 23.7 Å². The van der Waals surface area contributed by atoms with Crippen molar-refractivity contribution in [2.24, 2.45) is 5.41 Å². The molecule has 0 aromatic heterocycles. The van der Waals surface area contributed by atoms with Crippen LogP contribution in [0.3, 0.4) is 0 Å². The number of benzene rings is 1. The van der Waals surface area contributed by atoms with E-state index in [1.165, 1.54) is 25.0 Å². The van der Waals surface area contributed by atoms with Gasteiger partial charge in [-0.05, 0) is 52.4 Å². The zero-order valence-corrected chi connectivity index (χ0v) is 13.5. The predicted octanol–water partition coefficient (Wildman–Crippen LogP) is 3.85. The van der Waals surface area contributed by atoms with Gasteiger partial charge in [0, 0.05) is 11.0 Å². The van der Waals surface area contributed by atoms with Crippen LogP contribution in [0, 0.1) is 5.41 Å². The fourth-order valence-electron chi connectivity index (χ4n) is 2.62.